The summed E-state index contributed by atoms with van der Waals surface area (Å²) in [4.78, 5) is 6.61. The molecule has 0 aromatic carbocycles. The van der Waals surface area contributed by atoms with Gasteiger partial charge in [0.2, 0.25) is 0 Å². The van der Waals surface area contributed by atoms with Crippen molar-refractivity contribution in [3.63, 3.8) is 0 Å². The zero-order valence-electron chi connectivity index (χ0n) is 10.1. The molecule has 3 N–H and O–H groups in total. The van der Waals surface area contributed by atoms with Crippen LogP contribution in [0.1, 0.15) is 6.92 Å². The Morgan fingerprint density at radius 3 is 2.72 bits per heavy atom. The van der Waals surface area contributed by atoms with Crippen molar-refractivity contribution in [1.29, 1.82) is 0 Å². The van der Waals surface area contributed by atoms with Gasteiger partial charge in [0.1, 0.15) is 29.8 Å². The number of amidine groups is 1. The largest absolute Gasteiger partial charge is 0.394 e. The molecule has 0 aliphatic carbocycles. The number of thioether (sulfide) groups is 1. The number of hydrogen-bond acceptors (Lipinski definition) is 7. The van der Waals surface area contributed by atoms with Crippen molar-refractivity contribution in [3.05, 3.63) is 0 Å². The number of aliphatic hydroxyl groups is 3. The molecule has 0 amide bonds. The van der Waals surface area contributed by atoms with Gasteiger partial charge < -0.3 is 25.0 Å². The quantitative estimate of drug-likeness (QED) is 0.560. The molecule has 3 rings (SSSR count). The van der Waals surface area contributed by atoms with E-state index in [9.17, 15) is 10.2 Å². The van der Waals surface area contributed by atoms with Crippen LogP contribution in [0, 0.1) is 5.92 Å². The van der Waals surface area contributed by atoms with Crippen LogP contribution in [0.4, 0.5) is 0 Å². The smallest absolute Gasteiger partial charge is 0.162 e. The SMILES string of the molecule is CC1CN(C2=NC3C(OC(CO)C(O)C3O)S2)C1. The van der Waals surface area contributed by atoms with Crippen LogP contribution in [-0.2, 0) is 4.74 Å². The highest BCUT2D eigenvalue weighted by molar-refractivity contribution is 8.14. The minimum absolute atomic E-state index is 0.294. The molecule has 102 valence electrons. The van der Waals surface area contributed by atoms with Crippen LogP contribution in [-0.4, -0.2) is 74.9 Å². The molecule has 3 aliphatic rings. The maximum Gasteiger partial charge on any atom is 0.162 e. The van der Waals surface area contributed by atoms with Gasteiger partial charge in [-0.1, -0.05) is 18.7 Å². The molecule has 2 fully saturated rings. The van der Waals surface area contributed by atoms with E-state index in [-0.39, 0.29) is 12.0 Å². The molecule has 6 nitrogen and oxygen atoms in total. The first-order chi connectivity index (χ1) is 8.60. The maximum atomic E-state index is 10.0. The fraction of sp³-hybridized carbons (Fsp3) is 0.909. The monoisotopic (exact) mass is 274 g/mol. The van der Waals surface area contributed by atoms with Gasteiger partial charge >= 0.3 is 0 Å². The highest BCUT2D eigenvalue weighted by Crippen LogP contribution is 2.38. The molecule has 0 aromatic rings. The first-order valence-electron chi connectivity index (χ1n) is 6.22. The molecule has 7 heteroatoms. The van der Waals surface area contributed by atoms with Crippen molar-refractivity contribution < 1.29 is 20.1 Å². The molecule has 3 aliphatic heterocycles. The van der Waals surface area contributed by atoms with Crippen molar-refractivity contribution in [2.75, 3.05) is 19.7 Å². The van der Waals surface area contributed by atoms with E-state index >= 15 is 0 Å². The average molecular weight is 274 g/mol. The number of fused-ring (bicyclic) bond motifs is 1. The first-order valence-corrected chi connectivity index (χ1v) is 7.10. The topological polar surface area (TPSA) is 85.5 Å². The van der Waals surface area contributed by atoms with Gasteiger partial charge in [-0.15, -0.1) is 0 Å². The highest BCUT2D eigenvalue weighted by atomic mass is 32.2. The minimum atomic E-state index is -1.07. The summed E-state index contributed by atoms with van der Waals surface area (Å²) in [5.74, 6) is 0.678. The third kappa shape index (κ3) is 1.94. The summed E-state index contributed by atoms with van der Waals surface area (Å²) >= 11 is 1.48. The molecule has 5 atom stereocenters. The molecule has 0 spiro atoms. The zero-order chi connectivity index (χ0) is 12.9. The Morgan fingerprint density at radius 2 is 2.11 bits per heavy atom. The third-order valence-electron chi connectivity index (χ3n) is 3.66. The van der Waals surface area contributed by atoms with E-state index in [0.717, 1.165) is 18.3 Å². The van der Waals surface area contributed by atoms with Gasteiger partial charge in [-0.2, -0.15) is 0 Å². The van der Waals surface area contributed by atoms with Crippen molar-refractivity contribution in [2.45, 2.75) is 36.7 Å². The second-order valence-electron chi connectivity index (χ2n) is 5.24. The van der Waals surface area contributed by atoms with Gasteiger partial charge in [-0.3, -0.25) is 4.99 Å². The fourth-order valence-electron chi connectivity index (χ4n) is 2.58. The van der Waals surface area contributed by atoms with Crippen molar-refractivity contribution in [2.24, 2.45) is 10.9 Å². The third-order valence-corrected chi connectivity index (χ3v) is 4.86. The van der Waals surface area contributed by atoms with Crippen molar-refractivity contribution >= 4 is 16.9 Å². The molecule has 0 radical (unpaired) electrons. The predicted octanol–water partition coefficient (Wildman–Crippen LogP) is -1.15. The van der Waals surface area contributed by atoms with E-state index in [1.807, 2.05) is 0 Å². The van der Waals surface area contributed by atoms with Crippen LogP contribution in [0.25, 0.3) is 0 Å². The number of hydrogen-bond donors (Lipinski definition) is 3. The number of rotatable bonds is 1. The summed E-state index contributed by atoms with van der Waals surface area (Å²) in [5.41, 5.74) is -0.300. The lowest BCUT2D eigenvalue weighted by Crippen LogP contribution is -2.55. The fourth-order valence-corrected chi connectivity index (χ4v) is 3.82. The highest BCUT2D eigenvalue weighted by Gasteiger charge is 2.49. The minimum Gasteiger partial charge on any atom is -0.394 e. The predicted molar refractivity (Wildman–Crippen MR) is 67.3 cm³/mol. The molecule has 0 aromatic heterocycles. The van der Waals surface area contributed by atoms with Gasteiger partial charge in [-0.25, -0.2) is 0 Å². The van der Waals surface area contributed by atoms with E-state index in [2.05, 4.69) is 16.8 Å². The molecule has 3 heterocycles. The Bertz CT molecular complexity index is 361. The molecule has 0 saturated carbocycles. The average Bonchev–Trinajstić information content (AvgIpc) is 2.73. The van der Waals surface area contributed by atoms with Gasteiger partial charge in [0.25, 0.3) is 0 Å². The summed E-state index contributed by atoms with van der Waals surface area (Å²) < 4.78 is 5.58. The van der Waals surface area contributed by atoms with Gasteiger partial charge in [-0.05, 0) is 5.92 Å². The number of nitrogens with zero attached hydrogens (tertiary/aromatic N) is 2. The molecule has 5 unspecified atom stereocenters. The van der Waals surface area contributed by atoms with Crippen LogP contribution in [0.2, 0.25) is 0 Å². The summed E-state index contributed by atoms with van der Waals surface area (Å²) in [5, 5.41) is 29.8. The van der Waals surface area contributed by atoms with Crippen LogP contribution in [0.3, 0.4) is 0 Å². The lowest BCUT2D eigenvalue weighted by atomic mass is 9.99. The summed E-state index contributed by atoms with van der Waals surface area (Å²) in [6, 6.07) is -0.432. The van der Waals surface area contributed by atoms with Crippen molar-refractivity contribution in [3.8, 4) is 0 Å². The number of aliphatic imine (C=N–C) groups is 1. The summed E-state index contributed by atoms with van der Waals surface area (Å²) in [6.07, 6.45) is -2.77. The molecular formula is C11H18N2O4S. The summed E-state index contributed by atoms with van der Waals surface area (Å²) in [7, 11) is 0. The molecular weight excluding hydrogens is 256 g/mol. The van der Waals surface area contributed by atoms with E-state index < -0.39 is 24.4 Å². The maximum absolute atomic E-state index is 10.0. The number of ether oxygens (including phenoxy) is 1. The first kappa shape index (κ1) is 12.7. The van der Waals surface area contributed by atoms with Crippen LogP contribution < -0.4 is 0 Å². The Morgan fingerprint density at radius 1 is 1.39 bits per heavy atom. The second-order valence-corrected chi connectivity index (χ2v) is 6.30. The van der Waals surface area contributed by atoms with Crippen LogP contribution in [0.5, 0.6) is 0 Å². The van der Waals surface area contributed by atoms with Crippen LogP contribution >= 0.6 is 11.8 Å². The Kier molecular flexibility index (Phi) is 3.27. The summed E-state index contributed by atoms with van der Waals surface area (Å²) in [6.45, 7) is 3.85. The Labute approximate surface area is 110 Å². The Balaban J connectivity index is 1.71. The number of likely N-dealkylation sites (tertiary alicyclic amines) is 1. The Hall–Kier alpha value is -0.340. The second kappa shape index (κ2) is 4.64. The molecule has 0 bridgehead atoms. The van der Waals surface area contributed by atoms with E-state index in [1.54, 1.807) is 0 Å². The standard InChI is InChI=1S/C11H18N2O4S/c1-5-2-13(3-5)11-12-7-9(16)8(15)6(4-14)17-10(7)18-11/h5-10,14-16H,2-4H2,1H3. The van der Waals surface area contributed by atoms with Gasteiger partial charge in [0.05, 0.1) is 6.61 Å². The number of aliphatic hydroxyl groups excluding tert-OH is 3. The van der Waals surface area contributed by atoms with Crippen LogP contribution in [0.15, 0.2) is 4.99 Å². The molecule has 2 saturated heterocycles. The van der Waals surface area contributed by atoms with Gasteiger partial charge in [0.15, 0.2) is 5.17 Å². The van der Waals surface area contributed by atoms with Gasteiger partial charge in [0, 0.05) is 13.1 Å². The van der Waals surface area contributed by atoms with E-state index in [4.69, 9.17) is 9.84 Å². The lowest BCUT2D eigenvalue weighted by Gasteiger charge is -2.38. The zero-order valence-corrected chi connectivity index (χ0v) is 11.0. The van der Waals surface area contributed by atoms with E-state index in [0.29, 0.717) is 5.92 Å². The van der Waals surface area contributed by atoms with Crippen molar-refractivity contribution in [1.82, 2.24) is 4.90 Å². The lowest BCUT2D eigenvalue weighted by molar-refractivity contribution is -0.164. The van der Waals surface area contributed by atoms with E-state index in [1.165, 1.54) is 11.8 Å². The normalized spacial score (nSPS) is 44.6. The molecule has 18 heavy (non-hydrogen) atoms.